The second-order valence-corrected chi connectivity index (χ2v) is 5.51. The standard InChI is InChI=1S/C17H21N3/c1-13(20-10-2-3-11-20)14-4-6-15(7-5-14)16-8-9-19-17(18)12-16/h4-9,12-13H,2-3,10-11H2,1H3,(H2,18,19)/t13-/m1/s1. The van der Waals surface area contributed by atoms with E-state index in [0.717, 1.165) is 5.56 Å². The zero-order valence-corrected chi connectivity index (χ0v) is 11.9. The fraction of sp³-hybridized carbons (Fsp3) is 0.353. The van der Waals surface area contributed by atoms with E-state index in [0.29, 0.717) is 11.9 Å². The zero-order valence-electron chi connectivity index (χ0n) is 11.9. The van der Waals surface area contributed by atoms with Crippen molar-refractivity contribution < 1.29 is 0 Å². The van der Waals surface area contributed by atoms with Crippen molar-refractivity contribution >= 4 is 5.82 Å². The van der Waals surface area contributed by atoms with Gasteiger partial charge in [-0.15, -0.1) is 0 Å². The highest BCUT2D eigenvalue weighted by Gasteiger charge is 2.19. The second-order valence-electron chi connectivity index (χ2n) is 5.51. The topological polar surface area (TPSA) is 42.1 Å². The summed E-state index contributed by atoms with van der Waals surface area (Å²) in [4.78, 5) is 6.59. The maximum atomic E-state index is 5.74. The molecule has 1 saturated heterocycles. The van der Waals surface area contributed by atoms with Crippen LogP contribution in [-0.2, 0) is 0 Å². The summed E-state index contributed by atoms with van der Waals surface area (Å²) in [6.45, 7) is 4.75. The Morgan fingerprint density at radius 2 is 1.75 bits per heavy atom. The van der Waals surface area contributed by atoms with E-state index in [1.165, 1.54) is 37.1 Å². The van der Waals surface area contributed by atoms with E-state index < -0.39 is 0 Å². The van der Waals surface area contributed by atoms with E-state index in [1.54, 1.807) is 6.20 Å². The molecule has 0 unspecified atom stereocenters. The maximum absolute atomic E-state index is 5.74. The Bertz CT molecular complexity index is 571. The van der Waals surface area contributed by atoms with Crippen LogP contribution < -0.4 is 5.73 Å². The molecule has 0 bridgehead atoms. The van der Waals surface area contributed by atoms with E-state index in [1.807, 2.05) is 12.1 Å². The van der Waals surface area contributed by atoms with E-state index in [9.17, 15) is 0 Å². The minimum atomic E-state index is 0.508. The predicted molar refractivity (Wildman–Crippen MR) is 83.3 cm³/mol. The smallest absolute Gasteiger partial charge is 0.123 e. The van der Waals surface area contributed by atoms with Crippen LogP contribution in [0.1, 0.15) is 31.4 Å². The fourth-order valence-corrected chi connectivity index (χ4v) is 2.92. The van der Waals surface area contributed by atoms with Gasteiger partial charge in [-0.25, -0.2) is 4.98 Å². The lowest BCUT2D eigenvalue weighted by Crippen LogP contribution is -2.23. The van der Waals surface area contributed by atoms with Crippen LogP contribution in [-0.4, -0.2) is 23.0 Å². The Hall–Kier alpha value is -1.87. The van der Waals surface area contributed by atoms with Gasteiger partial charge in [0.1, 0.15) is 5.82 Å². The van der Waals surface area contributed by atoms with E-state index in [2.05, 4.69) is 41.1 Å². The van der Waals surface area contributed by atoms with Gasteiger partial charge in [-0.2, -0.15) is 0 Å². The molecule has 2 N–H and O–H groups in total. The number of anilines is 1. The average Bonchev–Trinajstić information content (AvgIpc) is 3.01. The molecule has 0 radical (unpaired) electrons. The van der Waals surface area contributed by atoms with Crippen molar-refractivity contribution in [3.8, 4) is 11.1 Å². The van der Waals surface area contributed by atoms with Gasteiger partial charge in [-0.05, 0) is 61.7 Å². The third-order valence-corrected chi connectivity index (χ3v) is 4.20. The van der Waals surface area contributed by atoms with E-state index in [-0.39, 0.29) is 0 Å². The number of hydrogen-bond donors (Lipinski definition) is 1. The molecule has 104 valence electrons. The number of nitrogens with zero attached hydrogens (tertiary/aromatic N) is 2. The molecular weight excluding hydrogens is 246 g/mol. The summed E-state index contributed by atoms with van der Waals surface area (Å²) >= 11 is 0. The largest absolute Gasteiger partial charge is 0.384 e. The van der Waals surface area contributed by atoms with Gasteiger partial charge in [0.05, 0.1) is 0 Å². The number of rotatable bonds is 3. The van der Waals surface area contributed by atoms with Crippen LogP contribution in [0.5, 0.6) is 0 Å². The van der Waals surface area contributed by atoms with Crippen molar-refractivity contribution in [3.63, 3.8) is 0 Å². The van der Waals surface area contributed by atoms with Gasteiger partial charge in [-0.1, -0.05) is 24.3 Å². The van der Waals surface area contributed by atoms with Crippen LogP contribution in [0.25, 0.3) is 11.1 Å². The van der Waals surface area contributed by atoms with Crippen LogP contribution in [0, 0.1) is 0 Å². The Labute approximate surface area is 120 Å². The summed E-state index contributed by atoms with van der Waals surface area (Å²) in [5, 5.41) is 0. The first-order chi connectivity index (χ1) is 9.74. The van der Waals surface area contributed by atoms with Crippen molar-refractivity contribution in [2.75, 3.05) is 18.8 Å². The van der Waals surface area contributed by atoms with Gasteiger partial charge >= 0.3 is 0 Å². The van der Waals surface area contributed by atoms with Crippen LogP contribution in [0.2, 0.25) is 0 Å². The second kappa shape index (κ2) is 5.63. The lowest BCUT2D eigenvalue weighted by Gasteiger charge is -2.24. The van der Waals surface area contributed by atoms with Gasteiger partial charge in [0, 0.05) is 12.2 Å². The fourth-order valence-electron chi connectivity index (χ4n) is 2.92. The van der Waals surface area contributed by atoms with Crippen LogP contribution >= 0.6 is 0 Å². The maximum Gasteiger partial charge on any atom is 0.123 e. The van der Waals surface area contributed by atoms with Crippen LogP contribution in [0.4, 0.5) is 5.82 Å². The molecule has 3 heteroatoms. The minimum absolute atomic E-state index is 0.508. The Morgan fingerprint density at radius 3 is 2.40 bits per heavy atom. The third kappa shape index (κ3) is 2.68. The summed E-state index contributed by atoms with van der Waals surface area (Å²) in [6.07, 6.45) is 4.42. The van der Waals surface area contributed by atoms with Crippen LogP contribution in [0.15, 0.2) is 42.6 Å². The number of likely N-dealkylation sites (tertiary alicyclic amines) is 1. The highest BCUT2D eigenvalue weighted by Crippen LogP contribution is 2.27. The molecule has 1 aromatic carbocycles. The zero-order chi connectivity index (χ0) is 13.9. The Kier molecular flexibility index (Phi) is 3.70. The lowest BCUT2D eigenvalue weighted by atomic mass is 10.0. The molecule has 1 aliphatic rings. The predicted octanol–water partition coefficient (Wildman–Crippen LogP) is 3.49. The summed E-state index contributed by atoms with van der Waals surface area (Å²) in [5.41, 5.74) is 9.44. The van der Waals surface area contributed by atoms with Gasteiger partial charge in [0.2, 0.25) is 0 Å². The SMILES string of the molecule is C[C@H](c1ccc(-c2ccnc(N)c2)cc1)N1CCCC1. The lowest BCUT2D eigenvalue weighted by molar-refractivity contribution is 0.263. The highest BCUT2D eigenvalue weighted by atomic mass is 15.2. The molecule has 3 rings (SSSR count). The Morgan fingerprint density at radius 1 is 1.05 bits per heavy atom. The van der Waals surface area contributed by atoms with Crippen molar-refractivity contribution in [3.05, 3.63) is 48.2 Å². The van der Waals surface area contributed by atoms with Gasteiger partial charge in [0.15, 0.2) is 0 Å². The molecule has 1 aromatic heterocycles. The molecule has 1 fully saturated rings. The third-order valence-electron chi connectivity index (χ3n) is 4.20. The first-order valence-electron chi connectivity index (χ1n) is 7.30. The number of nitrogens with two attached hydrogens (primary N) is 1. The van der Waals surface area contributed by atoms with Crippen LogP contribution in [0.3, 0.4) is 0 Å². The molecule has 2 heterocycles. The van der Waals surface area contributed by atoms with Gasteiger partial charge in [0.25, 0.3) is 0 Å². The molecular formula is C17H21N3. The summed E-state index contributed by atoms with van der Waals surface area (Å²) in [7, 11) is 0. The number of aromatic nitrogens is 1. The molecule has 0 amide bonds. The average molecular weight is 267 g/mol. The molecule has 0 spiro atoms. The number of nitrogen functional groups attached to an aromatic ring is 1. The summed E-state index contributed by atoms with van der Waals surface area (Å²) in [6, 6.07) is 13.2. The minimum Gasteiger partial charge on any atom is -0.384 e. The molecule has 1 aliphatic heterocycles. The van der Waals surface area contributed by atoms with E-state index >= 15 is 0 Å². The molecule has 1 atom stereocenters. The normalized spacial score (nSPS) is 17.2. The van der Waals surface area contributed by atoms with Crippen molar-refractivity contribution in [1.29, 1.82) is 0 Å². The number of benzene rings is 1. The number of pyridine rings is 1. The van der Waals surface area contributed by atoms with Crippen molar-refractivity contribution in [2.45, 2.75) is 25.8 Å². The first-order valence-corrected chi connectivity index (χ1v) is 7.30. The van der Waals surface area contributed by atoms with Gasteiger partial charge < -0.3 is 5.73 Å². The highest BCUT2D eigenvalue weighted by molar-refractivity contribution is 5.65. The summed E-state index contributed by atoms with van der Waals surface area (Å²) < 4.78 is 0. The quantitative estimate of drug-likeness (QED) is 0.925. The molecule has 20 heavy (non-hydrogen) atoms. The van der Waals surface area contributed by atoms with Crippen molar-refractivity contribution in [1.82, 2.24) is 9.88 Å². The summed E-state index contributed by atoms with van der Waals surface area (Å²) in [5.74, 6) is 0.567. The molecule has 0 aliphatic carbocycles. The van der Waals surface area contributed by atoms with Gasteiger partial charge in [-0.3, -0.25) is 4.90 Å². The van der Waals surface area contributed by atoms with E-state index in [4.69, 9.17) is 5.73 Å². The first kappa shape index (κ1) is 13.1. The number of hydrogen-bond acceptors (Lipinski definition) is 3. The molecule has 0 saturated carbocycles. The monoisotopic (exact) mass is 267 g/mol. The molecule has 3 nitrogen and oxygen atoms in total. The van der Waals surface area contributed by atoms with Crippen molar-refractivity contribution in [2.24, 2.45) is 0 Å². The molecule has 2 aromatic rings. The Balaban J connectivity index is 1.80.